The van der Waals surface area contributed by atoms with Gasteiger partial charge in [0.05, 0.1) is 33.4 Å². The van der Waals surface area contributed by atoms with E-state index in [-0.39, 0.29) is 0 Å². The third-order valence-corrected chi connectivity index (χ3v) is 9.69. The van der Waals surface area contributed by atoms with Gasteiger partial charge >= 0.3 is 0 Å². The summed E-state index contributed by atoms with van der Waals surface area (Å²) in [4.78, 5) is 0. The van der Waals surface area contributed by atoms with Crippen LogP contribution in [0, 0.1) is 0 Å². The van der Waals surface area contributed by atoms with Crippen molar-refractivity contribution in [2.45, 2.75) is 0 Å². The van der Waals surface area contributed by atoms with Gasteiger partial charge < -0.3 is 9.13 Å². The molecule has 2 nitrogen and oxygen atoms in total. The Hall–Kier alpha value is -6.12. The molecule has 0 radical (unpaired) electrons. The van der Waals surface area contributed by atoms with Crippen LogP contribution < -0.4 is 0 Å². The third-order valence-electron chi connectivity index (χ3n) is 9.69. The van der Waals surface area contributed by atoms with Gasteiger partial charge in [0.15, 0.2) is 0 Å². The molecule has 0 unspecified atom stereocenters. The summed E-state index contributed by atoms with van der Waals surface area (Å²) >= 11 is 0. The third kappa shape index (κ3) is 3.53. The minimum Gasteiger partial charge on any atom is -0.309 e. The van der Waals surface area contributed by atoms with Crippen molar-refractivity contribution in [3.63, 3.8) is 0 Å². The van der Waals surface area contributed by atoms with Crippen LogP contribution in [-0.4, -0.2) is 9.13 Å². The number of hydrogen-bond donors (Lipinski definition) is 0. The molecule has 0 spiro atoms. The molecule has 0 amide bonds. The van der Waals surface area contributed by atoms with Crippen LogP contribution in [0.25, 0.3) is 87.7 Å². The molecule has 0 saturated heterocycles. The number of hydrogen-bond acceptors (Lipinski definition) is 0. The Bertz CT molecular complexity index is 2800. The first-order chi connectivity index (χ1) is 22.8. The van der Waals surface area contributed by atoms with Crippen LogP contribution in [0.4, 0.5) is 0 Å². The van der Waals surface area contributed by atoms with Crippen LogP contribution in [0.5, 0.6) is 0 Å². The van der Waals surface area contributed by atoms with E-state index in [9.17, 15) is 0 Å². The molecule has 2 aromatic heterocycles. The van der Waals surface area contributed by atoms with E-state index in [0.29, 0.717) is 0 Å². The summed E-state index contributed by atoms with van der Waals surface area (Å²) < 4.78 is 4.91. The number of rotatable bonds is 3. The van der Waals surface area contributed by atoms with Gasteiger partial charge in [0, 0.05) is 37.9 Å². The van der Waals surface area contributed by atoms with Crippen LogP contribution in [0.15, 0.2) is 170 Å². The highest BCUT2D eigenvalue weighted by Crippen LogP contribution is 2.42. The number of aromatic nitrogens is 2. The Balaban J connectivity index is 1.29. The minimum atomic E-state index is 1.20. The van der Waals surface area contributed by atoms with E-state index in [1.807, 2.05) is 0 Å². The summed E-state index contributed by atoms with van der Waals surface area (Å²) in [6.45, 7) is 0. The number of fused-ring (bicyclic) bond motifs is 8. The molecule has 0 aliphatic heterocycles. The lowest BCUT2D eigenvalue weighted by molar-refractivity contribution is 1.20. The Labute approximate surface area is 266 Å². The highest BCUT2D eigenvalue weighted by Gasteiger charge is 2.19. The van der Waals surface area contributed by atoms with E-state index in [1.54, 1.807) is 0 Å². The summed E-state index contributed by atoms with van der Waals surface area (Å²) in [5, 5.41) is 10.0. The van der Waals surface area contributed by atoms with Gasteiger partial charge in [0.25, 0.3) is 0 Å². The molecular weight excluding hydrogens is 556 g/mol. The number of nitrogens with zero attached hydrogens (tertiary/aromatic N) is 2. The van der Waals surface area contributed by atoms with E-state index in [4.69, 9.17) is 0 Å². The van der Waals surface area contributed by atoms with E-state index >= 15 is 0 Å². The molecule has 10 aromatic rings. The fourth-order valence-electron chi connectivity index (χ4n) is 7.71. The number of para-hydroxylation sites is 3. The van der Waals surface area contributed by atoms with Crippen molar-refractivity contribution in [3.05, 3.63) is 170 Å². The van der Waals surface area contributed by atoms with Crippen LogP contribution in [-0.2, 0) is 0 Å². The Kier molecular flexibility index (Phi) is 5.31. The zero-order valence-corrected chi connectivity index (χ0v) is 25.1. The molecule has 0 aliphatic rings. The zero-order chi connectivity index (χ0) is 30.2. The van der Waals surface area contributed by atoms with Crippen molar-refractivity contribution in [3.8, 4) is 22.5 Å². The van der Waals surface area contributed by atoms with Crippen LogP contribution in [0.1, 0.15) is 0 Å². The summed E-state index contributed by atoms with van der Waals surface area (Å²) in [6.07, 6.45) is 0. The molecule has 0 N–H and O–H groups in total. The lowest BCUT2D eigenvalue weighted by Gasteiger charge is -2.14. The molecule has 0 fully saturated rings. The van der Waals surface area contributed by atoms with Gasteiger partial charge in [-0.15, -0.1) is 0 Å². The summed E-state index contributed by atoms with van der Waals surface area (Å²) in [5.41, 5.74) is 9.72. The van der Waals surface area contributed by atoms with Gasteiger partial charge in [-0.25, -0.2) is 0 Å². The number of benzene rings is 8. The second kappa shape index (κ2) is 9.69. The van der Waals surface area contributed by atoms with Crippen molar-refractivity contribution in [1.82, 2.24) is 9.13 Å². The molecular formula is C44H28N2. The molecule has 0 atom stereocenters. The van der Waals surface area contributed by atoms with E-state index in [1.165, 1.54) is 87.7 Å². The first-order valence-corrected chi connectivity index (χ1v) is 15.9. The van der Waals surface area contributed by atoms with Gasteiger partial charge in [-0.1, -0.05) is 133 Å². The lowest BCUT2D eigenvalue weighted by atomic mass is 9.99. The normalized spacial score (nSPS) is 11.9. The van der Waals surface area contributed by atoms with Gasteiger partial charge in [-0.2, -0.15) is 0 Å². The van der Waals surface area contributed by atoms with Gasteiger partial charge in [0.1, 0.15) is 0 Å². The van der Waals surface area contributed by atoms with Gasteiger partial charge in [-0.3, -0.25) is 0 Å². The molecule has 8 aromatic carbocycles. The lowest BCUT2D eigenvalue weighted by Crippen LogP contribution is -1.97. The molecule has 0 bridgehead atoms. The second-order valence-corrected chi connectivity index (χ2v) is 12.1. The highest BCUT2D eigenvalue weighted by atomic mass is 15.0. The van der Waals surface area contributed by atoms with Crippen LogP contribution >= 0.6 is 0 Å². The van der Waals surface area contributed by atoms with Gasteiger partial charge in [0.2, 0.25) is 0 Å². The second-order valence-electron chi connectivity index (χ2n) is 12.1. The van der Waals surface area contributed by atoms with Crippen molar-refractivity contribution in [2.75, 3.05) is 0 Å². The predicted octanol–water partition coefficient (Wildman–Crippen LogP) is 11.9. The summed E-state index contributed by atoms with van der Waals surface area (Å²) in [6, 6.07) is 62.0. The summed E-state index contributed by atoms with van der Waals surface area (Å²) in [7, 11) is 0. The Morgan fingerprint density at radius 2 is 0.783 bits per heavy atom. The maximum atomic E-state index is 2.48. The Morgan fingerprint density at radius 3 is 1.48 bits per heavy atom. The fraction of sp³-hybridized carbons (Fsp3) is 0. The quantitative estimate of drug-likeness (QED) is 0.195. The monoisotopic (exact) mass is 584 g/mol. The first-order valence-electron chi connectivity index (χ1n) is 15.9. The average Bonchev–Trinajstić information content (AvgIpc) is 3.64. The molecule has 46 heavy (non-hydrogen) atoms. The van der Waals surface area contributed by atoms with Crippen molar-refractivity contribution in [1.29, 1.82) is 0 Å². The first kappa shape index (κ1) is 25.2. The fourth-order valence-corrected chi connectivity index (χ4v) is 7.71. The minimum absolute atomic E-state index is 1.20. The Morgan fingerprint density at radius 1 is 0.304 bits per heavy atom. The largest absolute Gasteiger partial charge is 0.309 e. The zero-order valence-electron chi connectivity index (χ0n) is 25.1. The average molecular weight is 585 g/mol. The van der Waals surface area contributed by atoms with E-state index in [0.717, 1.165) is 0 Å². The molecule has 10 rings (SSSR count). The molecule has 214 valence electrons. The smallest absolute Gasteiger partial charge is 0.0619 e. The SMILES string of the molecule is c1ccc2c(-n3c4ccccc4c4cc(-c5cccc6c7ccccc7n(-c7cccc8ccccc78)c56)ccc43)cccc2c1. The molecule has 2 heterocycles. The van der Waals surface area contributed by atoms with E-state index < -0.39 is 0 Å². The van der Waals surface area contributed by atoms with Crippen molar-refractivity contribution < 1.29 is 0 Å². The topological polar surface area (TPSA) is 9.86 Å². The maximum absolute atomic E-state index is 2.48. The van der Waals surface area contributed by atoms with Crippen LogP contribution in [0.3, 0.4) is 0 Å². The van der Waals surface area contributed by atoms with Crippen LogP contribution in [0.2, 0.25) is 0 Å². The highest BCUT2D eigenvalue weighted by molar-refractivity contribution is 6.16. The molecule has 0 saturated carbocycles. The van der Waals surface area contributed by atoms with Gasteiger partial charge in [-0.05, 0) is 52.7 Å². The predicted molar refractivity (Wildman–Crippen MR) is 196 cm³/mol. The molecule has 0 aliphatic carbocycles. The van der Waals surface area contributed by atoms with E-state index in [2.05, 4.69) is 179 Å². The summed E-state index contributed by atoms with van der Waals surface area (Å²) in [5.74, 6) is 0. The standard InChI is InChI=1S/C44H28N2/c1-3-16-32-29(12-1)14-9-24-39(32)45-41-22-7-6-19-36(41)38-28-31(26-27-43(38)45)34-20-11-21-37-35-18-5-8-23-42(35)46(44(34)37)40-25-10-15-30-13-2-4-17-33(30)40/h1-28H. The van der Waals surface area contributed by atoms with Crippen molar-refractivity contribution >= 4 is 65.2 Å². The maximum Gasteiger partial charge on any atom is 0.0619 e. The van der Waals surface area contributed by atoms with Crippen molar-refractivity contribution in [2.24, 2.45) is 0 Å². The molecule has 2 heteroatoms.